The second kappa shape index (κ2) is 11.9. The Labute approximate surface area is 234 Å². The highest BCUT2D eigenvalue weighted by atomic mass is 32.2. The number of hydrogen-bond acceptors (Lipinski definition) is 6. The first-order chi connectivity index (χ1) is 18.7. The van der Waals surface area contributed by atoms with Crippen molar-refractivity contribution in [2.24, 2.45) is 0 Å². The van der Waals surface area contributed by atoms with Gasteiger partial charge in [-0.3, -0.25) is 4.31 Å². The number of benzene rings is 3. The van der Waals surface area contributed by atoms with Gasteiger partial charge in [0.1, 0.15) is 17.9 Å². The number of rotatable bonds is 7. The number of hydrogen-bond donors (Lipinski definition) is 0. The minimum absolute atomic E-state index is 0.402. The third-order valence-corrected chi connectivity index (χ3v) is 8.48. The van der Waals surface area contributed by atoms with Crippen molar-refractivity contribution in [3.8, 4) is 5.75 Å². The number of fused-ring (bicyclic) bond motifs is 1. The molecule has 5 rings (SSSR count). The predicted molar refractivity (Wildman–Crippen MR) is 159 cm³/mol. The highest BCUT2D eigenvalue weighted by Gasteiger charge is 2.52. The van der Waals surface area contributed by atoms with Crippen molar-refractivity contribution in [2.45, 2.75) is 64.2 Å². The van der Waals surface area contributed by atoms with Gasteiger partial charge in [-0.2, -0.15) is 0 Å². The molecule has 0 spiro atoms. The van der Waals surface area contributed by atoms with Gasteiger partial charge in [0.2, 0.25) is 0 Å². The minimum atomic E-state index is -1.52. The molecule has 39 heavy (non-hydrogen) atoms. The first-order valence-electron chi connectivity index (χ1n) is 13.2. The van der Waals surface area contributed by atoms with E-state index >= 15 is 0 Å². The third-order valence-electron chi connectivity index (χ3n) is 7.10. The third kappa shape index (κ3) is 6.00. The van der Waals surface area contributed by atoms with Gasteiger partial charge in [-0.15, -0.1) is 0 Å². The molecule has 204 valence electrons. The fourth-order valence-corrected chi connectivity index (χ4v) is 5.46. The zero-order chi connectivity index (χ0) is 28.2. The molecule has 3 aromatic carbocycles. The molecule has 0 N–H and O–H groups in total. The summed E-state index contributed by atoms with van der Waals surface area (Å²) in [7, 11) is -0.360. The summed E-state index contributed by atoms with van der Waals surface area (Å²) in [6.45, 7) is 12.6. The Balaban J connectivity index is 0.00000172. The van der Waals surface area contributed by atoms with Crippen LogP contribution in [0.25, 0.3) is 10.8 Å². The number of nitrogens with zero attached hydrogens (tertiary/aromatic N) is 3. The molecular formula is C30H36BN3O4S. The van der Waals surface area contributed by atoms with Gasteiger partial charge in [-0.1, -0.05) is 50.2 Å². The van der Waals surface area contributed by atoms with Crippen LogP contribution >= 0.6 is 0 Å². The van der Waals surface area contributed by atoms with Crippen LogP contribution in [-0.2, 0) is 26.8 Å². The maximum Gasteiger partial charge on any atom is 0.495 e. The number of ether oxygens (including phenoxy) is 1. The summed E-state index contributed by atoms with van der Waals surface area (Å²) in [4.78, 5) is 9.07. The first-order valence-corrected chi connectivity index (χ1v) is 14.3. The highest BCUT2D eigenvalue weighted by Crippen LogP contribution is 2.37. The lowest BCUT2D eigenvalue weighted by Crippen LogP contribution is -2.41. The van der Waals surface area contributed by atoms with E-state index in [-0.39, 0.29) is 0 Å². The summed E-state index contributed by atoms with van der Waals surface area (Å²) in [6, 6.07) is 21.3. The molecular weight excluding hydrogens is 509 g/mol. The Morgan fingerprint density at radius 3 is 2.26 bits per heavy atom. The fourth-order valence-electron chi connectivity index (χ4n) is 4.25. The first kappa shape index (κ1) is 28.7. The van der Waals surface area contributed by atoms with E-state index in [1.54, 1.807) is 23.7 Å². The number of anilines is 1. The van der Waals surface area contributed by atoms with Crippen LogP contribution < -0.4 is 14.5 Å². The van der Waals surface area contributed by atoms with Crippen molar-refractivity contribution in [3.05, 3.63) is 84.8 Å². The SMILES string of the molecule is CC.COc1ccc(CN(c2ccncn2)S(=O)c2ccc3c(B4OC(C)(C)C(C)(C)O4)cccc3c2)cc1. The van der Waals surface area contributed by atoms with E-state index < -0.39 is 29.3 Å². The van der Waals surface area contributed by atoms with Gasteiger partial charge in [0.25, 0.3) is 0 Å². The van der Waals surface area contributed by atoms with Crippen molar-refractivity contribution < 1.29 is 18.3 Å². The monoisotopic (exact) mass is 545 g/mol. The molecule has 0 aliphatic carbocycles. The molecule has 1 atom stereocenters. The lowest BCUT2D eigenvalue weighted by atomic mass is 9.76. The Morgan fingerprint density at radius 2 is 1.64 bits per heavy atom. The standard InChI is InChI=1S/C28H30BN3O4S.C2H6/c1-27(2)28(3,4)36-29(35-27)25-8-6-7-21-17-23(13-14-24(21)25)37(33)32(26-15-16-30-19-31-26)18-20-9-11-22(34-5)12-10-20;1-2/h6-17,19H,18H2,1-5H3;1-2H3. The summed E-state index contributed by atoms with van der Waals surface area (Å²) in [5.74, 6) is 1.35. The predicted octanol–water partition coefficient (Wildman–Crippen LogP) is 5.69. The summed E-state index contributed by atoms with van der Waals surface area (Å²) in [6.07, 6.45) is 3.11. The van der Waals surface area contributed by atoms with Gasteiger partial charge >= 0.3 is 7.12 Å². The van der Waals surface area contributed by atoms with Crippen molar-refractivity contribution in [3.63, 3.8) is 0 Å². The van der Waals surface area contributed by atoms with Crippen molar-refractivity contribution >= 4 is 40.2 Å². The van der Waals surface area contributed by atoms with Gasteiger partial charge in [0.15, 0.2) is 11.0 Å². The molecule has 1 aliphatic rings. The molecule has 0 radical (unpaired) electrons. The van der Waals surface area contributed by atoms with E-state index in [1.165, 1.54) is 6.33 Å². The maximum absolute atomic E-state index is 13.9. The minimum Gasteiger partial charge on any atom is -0.497 e. The summed E-state index contributed by atoms with van der Waals surface area (Å²) in [5.41, 5.74) is 1.08. The molecule has 2 heterocycles. The Bertz CT molecular complexity index is 1420. The van der Waals surface area contributed by atoms with E-state index in [1.807, 2.05) is 102 Å². The van der Waals surface area contributed by atoms with Crippen LogP contribution in [0.5, 0.6) is 5.75 Å². The van der Waals surface area contributed by atoms with Gasteiger partial charge in [-0.05, 0) is 79.8 Å². The van der Waals surface area contributed by atoms with Crippen LogP contribution in [0.4, 0.5) is 5.82 Å². The summed E-state index contributed by atoms with van der Waals surface area (Å²) in [5, 5.41) is 1.97. The van der Waals surface area contributed by atoms with Crippen LogP contribution in [0.2, 0.25) is 0 Å². The summed E-state index contributed by atoms with van der Waals surface area (Å²) >= 11 is 0. The molecule has 7 nitrogen and oxygen atoms in total. The second-order valence-electron chi connectivity index (χ2n) is 10.0. The lowest BCUT2D eigenvalue weighted by molar-refractivity contribution is 0.00578. The van der Waals surface area contributed by atoms with Crippen LogP contribution in [0.1, 0.15) is 47.1 Å². The molecule has 1 aromatic heterocycles. The largest absolute Gasteiger partial charge is 0.497 e. The fraction of sp³-hybridized carbons (Fsp3) is 0.333. The van der Waals surface area contributed by atoms with Crippen LogP contribution in [-0.4, -0.2) is 39.6 Å². The van der Waals surface area contributed by atoms with Crippen molar-refractivity contribution in [1.29, 1.82) is 0 Å². The maximum atomic E-state index is 13.9. The van der Waals surface area contributed by atoms with Crippen LogP contribution in [0.3, 0.4) is 0 Å². The molecule has 1 saturated heterocycles. The second-order valence-corrected chi connectivity index (χ2v) is 11.4. The average molecular weight is 546 g/mol. The molecule has 4 aromatic rings. The van der Waals surface area contributed by atoms with Crippen LogP contribution in [0.15, 0.2) is 84.1 Å². The van der Waals surface area contributed by atoms with E-state index in [0.29, 0.717) is 17.3 Å². The van der Waals surface area contributed by atoms with Crippen LogP contribution in [0, 0.1) is 0 Å². The lowest BCUT2D eigenvalue weighted by Gasteiger charge is -2.32. The quantitative estimate of drug-likeness (QED) is 0.278. The molecule has 0 bridgehead atoms. The molecule has 0 saturated carbocycles. The van der Waals surface area contributed by atoms with Gasteiger partial charge in [0.05, 0.1) is 29.8 Å². The smallest absolute Gasteiger partial charge is 0.495 e. The molecule has 0 amide bonds. The summed E-state index contributed by atoms with van der Waals surface area (Å²) < 4.78 is 33.6. The van der Waals surface area contributed by atoms with Gasteiger partial charge < -0.3 is 14.0 Å². The van der Waals surface area contributed by atoms with E-state index in [4.69, 9.17) is 14.0 Å². The zero-order valence-corrected chi connectivity index (χ0v) is 24.5. The number of methoxy groups -OCH3 is 1. The van der Waals surface area contributed by atoms with Gasteiger partial charge in [0, 0.05) is 6.20 Å². The van der Waals surface area contributed by atoms with E-state index in [9.17, 15) is 4.21 Å². The molecule has 1 fully saturated rings. The molecule has 1 unspecified atom stereocenters. The molecule has 1 aliphatic heterocycles. The topological polar surface area (TPSA) is 73.8 Å². The Morgan fingerprint density at radius 1 is 0.949 bits per heavy atom. The van der Waals surface area contributed by atoms with Gasteiger partial charge in [-0.25, -0.2) is 14.2 Å². The van der Waals surface area contributed by atoms with Crippen molar-refractivity contribution in [2.75, 3.05) is 11.4 Å². The van der Waals surface area contributed by atoms with Crippen molar-refractivity contribution in [1.82, 2.24) is 9.97 Å². The Hall–Kier alpha value is -3.27. The molecule has 9 heteroatoms. The average Bonchev–Trinajstić information content (AvgIpc) is 3.18. The van der Waals surface area contributed by atoms with E-state index in [2.05, 4.69) is 9.97 Å². The zero-order valence-electron chi connectivity index (χ0n) is 23.7. The van der Waals surface area contributed by atoms with E-state index in [0.717, 1.165) is 27.5 Å². The normalized spacial score (nSPS) is 16.3. The Kier molecular flexibility index (Phi) is 8.74. The number of aromatic nitrogens is 2. The highest BCUT2D eigenvalue weighted by molar-refractivity contribution is 7.86.